The van der Waals surface area contributed by atoms with Crippen LogP contribution in [-0.4, -0.2) is 41.9 Å². The summed E-state index contributed by atoms with van der Waals surface area (Å²) in [7, 11) is 0. The molecule has 1 unspecified atom stereocenters. The van der Waals surface area contributed by atoms with Gasteiger partial charge in [0, 0.05) is 49.4 Å². The Kier molecular flexibility index (Phi) is 5.72. The lowest BCUT2D eigenvalue weighted by Gasteiger charge is -2.39. The second-order valence-electron chi connectivity index (χ2n) is 9.01. The molecule has 1 aromatic carbocycles. The van der Waals surface area contributed by atoms with E-state index in [1.165, 1.54) is 29.1 Å². The molecular weight excluding hydrogens is 416 g/mol. The summed E-state index contributed by atoms with van der Waals surface area (Å²) in [5.74, 6) is 0.0250. The van der Waals surface area contributed by atoms with E-state index >= 15 is 0 Å². The molecular formula is C26H28N4O3. The molecule has 33 heavy (non-hydrogen) atoms. The number of hydrogen-bond donors (Lipinski definition) is 0. The van der Waals surface area contributed by atoms with Crippen molar-refractivity contribution in [1.82, 2.24) is 9.80 Å². The van der Waals surface area contributed by atoms with Gasteiger partial charge in [0.25, 0.3) is 0 Å². The molecule has 3 aromatic rings. The molecule has 0 saturated carbocycles. The normalized spacial score (nSPS) is 18.3. The lowest BCUT2D eigenvalue weighted by molar-refractivity contribution is -0.617. The Labute approximate surface area is 193 Å². The molecule has 2 aromatic heterocycles. The molecule has 7 nitrogen and oxygen atoms in total. The molecule has 0 N–H and O–H groups in total. The standard InChI is InChI=1S/C26H28N4O3/c1-19-6-9-23-22(16-19)8-7-21-5-3-11-30(33)25(21)26(23)28-14-12-27(13-15-28)24(31)17-20-4-2-10-29(32)18-20/h2-6,9-11,16,18,26H,7-8,12-15,17H2,1H3. The Bertz CT molecular complexity index is 1190. The number of hydrogen-bond acceptors (Lipinski definition) is 4. The summed E-state index contributed by atoms with van der Waals surface area (Å²) in [5, 5.41) is 24.4. The minimum Gasteiger partial charge on any atom is -0.619 e. The highest BCUT2D eigenvalue weighted by atomic mass is 16.5. The second kappa shape index (κ2) is 8.83. The van der Waals surface area contributed by atoms with Crippen LogP contribution in [0.5, 0.6) is 0 Å². The topological polar surface area (TPSA) is 77.4 Å². The van der Waals surface area contributed by atoms with Crippen molar-refractivity contribution < 1.29 is 14.3 Å². The maximum atomic E-state index is 12.9. The van der Waals surface area contributed by atoms with E-state index in [0.29, 0.717) is 31.7 Å². The summed E-state index contributed by atoms with van der Waals surface area (Å²) in [5.41, 5.74) is 6.34. The quantitative estimate of drug-likeness (QED) is 0.456. The van der Waals surface area contributed by atoms with E-state index in [4.69, 9.17) is 0 Å². The number of aromatic nitrogens is 2. The van der Waals surface area contributed by atoms with Crippen LogP contribution in [0.15, 0.2) is 61.1 Å². The molecule has 170 valence electrons. The number of benzene rings is 1. The Morgan fingerprint density at radius 2 is 1.76 bits per heavy atom. The van der Waals surface area contributed by atoms with Gasteiger partial charge in [0.2, 0.25) is 11.6 Å². The van der Waals surface area contributed by atoms with Crippen molar-refractivity contribution >= 4 is 5.91 Å². The summed E-state index contributed by atoms with van der Waals surface area (Å²) in [4.78, 5) is 17.0. The monoisotopic (exact) mass is 444 g/mol. The predicted molar refractivity (Wildman–Crippen MR) is 123 cm³/mol. The SMILES string of the molecule is Cc1ccc2c(c1)CCc1ccc[n+]([O-])c1C2N1CCN(C(=O)Cc2ccc[n+]([O-])c2)CC1. The Hall–Kier alpha value is -3.45. The van der Waals surface area contributed by atoms with E-state index in [1.54, 1.807) is 18.3 Å². The molecule has 1 aliphatic carbocycles. The summed E-state index contributed by atoms with van der Waals surface area (Å²) < 4.78 is 1.75. The van der Waals surface area contributed by atoms with E-state index < -0.39 is 0 Å². The van der Waals surface area contributed by atoms with Gasteiger partial charge in [-0.15, -0.1) is 0 Å². The van der Waals surface area contributed by atoms with Gasteiger partial charge in [-0.2, -0.15) is 9.46 Å². The first kappa shape index (κ1) is 21.4. The van der Waals surface area contributed by atoms with Gasteiger partial charge in [-0.3, -0.25) is 9.69 Å². The predicted octanol–water partition coefficient (Wildman–Crippen LogP) is 1.84. The van der Waals surface area contributed by atoms with Crippen molar-refractivity contribution in [2.75, 3.05) is 26.2 Å². The van der Waals surface area contributed by atoms with Crippen molar-refractivity contribution in [2.24, 2.45) is 0 Å². The number of amides is 1. The van der Waals surface area contributed by atoms with E-state index in [0.717, 1.165) is 33.6 Å². The molecule has 1 fully saturated rings. The van der Waals surface area contributed by atoms with E-state index in [-0.39, 0.29) is 18.4 Å². The van der Waals surface area contributed by atoms with Crippen molar-refractivity contribution in [2.45, 2.75) is 32.2 Å². The van der Waals surface area contributed by atoms with Crippen LogP contribution in [-0.2, 0) is 24.1 Å². The highest BCUT2D eigenvalue weighted by molar-refractivity contribution is 5.78. The summed E-state index contributed by atoms with van der Waals surface area (Å²) >= 11 is 0. The third-order valence-electron chi connectivity index (χ3n) is 6.82. The van der Waals surface area contributed by atoms with Crippen LogP contribution < -0.4 is 9.46 Å². The second-order valence-corrected chi connectivity index (χ2v) is 9.01. The summed E-state index contributed by atoms with van der Waals surface area (Å²) in [6, 6.07) is 13.8. The first-order valence-corrected chi connectivity index (χ1v) is 11.5. The van der Waals surface area contributed by atoms with E-state index in [1.807, 2.05) is 11.0 Å². The van der Waals surface area contributed by atoms with Crippen LogP contribution in [0, 0.1) is 17.3 Å². The maximum absolute atomic E-state index is 12.9. The van der Waals surface area contributed by atoms with Crippen LogP contribution in [0.4, 0.5) is 0 Å². The van der Waals surface area contributed by atoms with Crippen LogP contribution in [0.3, 0.4) is 0 Å². The average molecular weight is 445 g/mol. The lowest BCUT2D eigenvalue weighted by atomic mass is 9.94. The number of carbonyl (C=O) groups is 1. The minimum absolute atomic E-state index is 0.0250. The van der Waals surface area contributed by atoms with Gasteiger partial charge in [0.1, 0.15) is 6.04 Å². The third-order valence-corrected chi connectivity index (χ3v) is 6.82. The summed E-state index contributed by atoms with van der Waals surface area (Å²) in [6.45, 7) is 4.68. The van der Waals surface area contributed by atoms with Crippen LogP contribution >= 0.6 is 0 Å². The fourth-order valence-corrected chi connectivity index (χ4v) is 5.18. The fourth-order valence-electron chi connectivity index (χ4n) is 5.18. The molecule has 1 aliphatic heterocycles. The van der Waals surface area contributed by atoms with Crippen LogP contribution in [0.2, 0.25) is 0 Å². The highest BCUT2D eigenvalue weighted by Gasteiger charge is 2.37. The summed E-state index contributed by atoms with van der Waals surface area (Å²) in [6.07, 6.45) is 6.44. The molecule has 1 atom stereocenters. The Morgan fingerprint density at radius 3 is 2.55 bits per heavy atom. The zero-order valence-electron chi connectivity index (χ0n) is 18.8. The molecule has 0 spiro atoms. The highest BCUT2D eigenvalue weighted by Crippen LogP contribution is 2.36. The number of nitrogens with zero attached hydrogens (tertiary/aromatic N) is 4. The minimum atomic E-state index is -0.123. The van der Waals surface area contributed by atoms with Crippen molar-refractivity contribution in [3.8, 4) is 0 Å². The van der Waals surface area contributed by atoms with Gasteiger partial charge in [-0.1, -0.05) is 23.8 Å². The van der Waals surface area contributed by atoms with Gasteiger partial charge >= 0.3 is 0 Å². The van der Waals surface area contributed by atoms with Gasteiger partial charge < -0.3 is 15.3 Å². The smallest absolute Gasteiger partial charge is 0.227 e. The van der Waals surface area contributed by atoms with Gasteiger partial charge in [-0.25, -0.2) is 0 Å². The van der Waals surface area contributed by atoms with Crippen LogP contribution in [0.1, 0.15) is 39.6 Å². The molecule has 0 radical (unpaired) electrons. The van der Waals surface area contributed by atoms with E-state index in [9.17, 15) is 15.2 Å². The number of rotatable bonds is 3. The van der Waals surface area contributed by atoms with Crippen molar-refractivity contribution in [3.63, 3.8) is 0 Å². The average Bonchev–Trinajstić information content (AvgIpc) is 2.97. The van der Waals surface area contributed by atoms with Gasteiger partial charge in [0.05, 0.1) is 6.42 Å². The van der Waals surface area contributed by atoms with Gasteiger partial charge in [-0.05, 0) is 43.0 Å². The number of carbonyl (C=O) groups excluding carboxylic acids is 1. The molecule has 1 amide bonds. The number of fused-ring (bicyclic) bond motifs is 2. The van der Waals surface area contributed by atoms with E-state index in [2.05, 4.69) is 36.1 Å². The van der Waals surface area contributed by atoms with Crippen molar-refractivity contribution in [1.29, 1.82) is 0 Å². The fraction of sp³-hybridized carbons (Fsp3) is 0.346. The Morgan fingerprint density at radius 1 is 1.00 bits per heavy atom. The van der Waals surface area contributed by atoms with Gasteiger partial charge in [0.15, 0.2) is 18.6 Å². The number of piperazine rings is 1. The largest absolute Gasteiger partial charge is 0.619 e. The first-order chi connectivity index (χ1) is 16.0. The number of pyridine rings is 2. The zero-order chi connectivity index (χ0) is 22.9. The van der Waals surface area contributed by atoms with Crippen molar-refractivity contribution in [3.05, 3.63) is 105 Å². The molecule has 3 heterocycles. The van der Waals surface area contributed by atoms with Crippen LogP contribution in [0.25, 0.3) is 0 Å². The molecule has 2 aliphatic rings. The molecule has 7 heteroatoms. The number of aryl methyl sites for hydroxylation is 3. The first-order valence-electron chi connectivity index (χ1n) is 11.5. The zero-order valence-corrected chi connectivity index (χ0v) is 18.8. The lowest BCUT2D eigenvalue weighted by Crippen LogP contribution is -2.52. The molecule has 0 bridgehead atoms. The third kappa shape index (κ3) is 4.28. The maximum Gasteiger partial charge on any atom is 0.227 e. The molecule has 5 rings (SSSR count). The molecule has 1 saturated heterocycles. The Balaban J connectivity index is 1.38.